The summed E-state index contributed by atoms with van der Waals surface area (Å²) in [5.74, 6) is 1.23. The molecule has 0 aliphatic carbocycles. The van der Waals surface area contributed by atoms with Crippen LogP contribution in [0.4, 0.5) is 0 Å². The molecule has 1 aromatic rings. The van der Waals surface area contributed by atoms with Gasteiger partial charge in [0.15, 0.2) is 0 Å². The molecule has 1 aromatic heterocycles. The van der Waals surface area contributed by atoms with Crippen molar-refractivity contribution in [2.45, 2.75) is 19.9 Å². The summed E-state index contributed by atoms with van der Waals surface area (Å²) in [6.07, 6.45) is 0.965. The molecule has 3 N–H and O–H groups in total. The molecule has 0 bridgehead atoms. The molecule has 12 heavy (non-hydrogen) atoms. The lowest BCUT2D eigenvalue weighted by Crippen LogP contribution is -2.17. The van der Waals surface area contributed by atoms with Crippen LogP contribution in [0.15, 0.2) is 4.42 Å². The van der Waals surface area contributed by atoms with E-state index in [0.29, 0.717) is 24.9 Å². The van der Waals surface area contributed by atoms with Gasteiger partial charge in [-0.15, -0.1) is 10.2 Å². The van der Waals surface area contributed by atoms with Crippen LogP contribution in [-0.4, -0.2) is 23.3 Å². The van der Waals surface area contributed by atoms with E-state index in [1.807, 2.05) is 0 Å². The highest BCUT2D eigenvalue weighted by atomic mass is 16.4. The van der Waals surface area contributed by atoms with E-state index in [-0.39, 0.29) is 0 Å². The van der Waals surface area contributed by atoms with Crippen LogP contribution in [0.1, 0.15) is 18.2 Å². The van der Waals surface area contributed by atoms with E-state index in [1.54, 1.807) is 6.92 Å². The number of aromatic nitrogens is 2. The van der Waals surface area contributed by atoms with Crippen LogP contribution in [-0.2, 0) is 6.54 Å². The normalized spacial score (nSPS) is 10.5. The average molecular weight is 170 g/mol. The van der Waals surface area contributed by atoms with Crippen molar-refractivity contribution in [1.82, 2.24) is 15.5 Å². The second-order valence-corrected chi connectivity index (χ2v) is 2.53. The van der Waals surface area contributed by atoms with Crippen molar-refractivity contribution in [3.8, 4) is 0 Å². The number of aryl methyl sites for hydroxylation is 1. The zero-order valence-corrected chi connectivity index (χ0v) is 7.21. The van der Waals surface area contributed by atoms with Crippen molar-refractivity contribution in [2.75, 3.05) is 13.1 Å². The molecular weight excluding hydrogens is 156 g/mol. The zero-order valence-electron chi connectivity index (χ0n) is 7.21. The molecule has 0 atom stereocenters. The lowest BCUT2D eigenvalue weighted by atomic mass is 10.4. The minimum Gasteiger partial charge on any atom is -0.424 e. The number of rotatable bonds is 5. The Labute approximate surface area is 71.3 Å². The lowest BCUT2D eigenvalue weighted by Gasteiger charge is -1.97. The van der Waals surface area contributed by atoms with Gasteiger partial charge in [0.25, 0.3) is 0 Å². The number of nitrogens with zero attached hydrogens (tertiary/aromatic N) is 2. The Morgan fingerprint density at radius 3 is 2.92 bits per heavy atom. The van der Waals surface area contributed by atoms with Crippen LogP contribution in [0.25, 0.3) is 0 Å². The predicted molar refractivity (Wildman–Crippen MR) is 44.4 cm³/mol. The molecule has 0 fully saturated rings. The first-order valence-electron chi connectivity index (χ1n) is 4.02. The smallest absolute Gasteiger partial charge is 0.230 e. The van der Waals surface area contributed by atoms with E-state index in [1.165, 1.54) is 0 Å². The van der Waals surface area contributed by atoms with Crippen molar-refractivity contribution in [1.29, 1.82) is 0 Å². The summed E-state index contributed by atoms with van der Waals surface area (Å²) in [7, 11) is 0. The highest BCUT2D eigenvalue weighted by molar-refractivity contribution is 4.77. The lowest BCUT2D eigenvalue weighted by molar-refractivity contribution is 0.446. The highest BCUT2D eigenvalue weighted by Gasteiger charge is 1.99. The number of nitrogens with two attached hydrogens (primary N) is 1. The molecule has 5 nitrogen and oxygen atoms in total. The maximum Gasteiger partial charge on any atom is 0.230 e. The maximum absolute atomic E-state index is 5.32. The molecule has 5 heteroatoms. The Kier molecular flexibility index (Phi) is 3.69. The molecule has 1 rings (SSSR count). The quantitative estimate of drug-likeness (QED) is 0.599. The standard InChI is InChI=1S/C7H14N4O/c1-6-10-11-7(12-6)5-9-4-2-3-8/h9H,2-5,8H2,1H3. The van der Waals surface area contributed by atoms with Gasteiger partial charge in [0.2, 0.25) is 11.8 Å². The van der Waals surface area contributed by atoms with Crippen LogP contribution in [0.2, 0.25) is 0 Å². The van der Waals surface area contributed by atoms with Gasteiger partial charge in [-0.25, -0.2) is 0 Å². The summed E-state index contributed by atoms with van der Waals surface area (Å²) >= 11 is 0. The predicted octanol–water partition coefficient (Wildman–Crippen LogP) is -0.184. The molecule has 0 spiro atoms. The summed E-state index contributed by atoms with van der Waals surface area (Å²) in [4.78, 5) is 0. The first kappa shape index (κ1) is 9.15. The van der Waals surface area contributed by atoms with Gasteiger partial charge in [0, 0.05) is 6.92 Å². The number of hydrogen-bond donors (Lipinski definition) is 2. The van der Waals surface area contributed by atoms with Gasteiger partial charge in [-0.3, -0.25) is 0 Å². The highest BCUT2D eigenvalue weighted by Crippen LogP contribution is 1.95. The van der Waals surface area contributed by atoms with E-state index >= 15 is 0 Å². The molecule has 0 amide bonds. The third-order valence-corrected chi connectivity index (χ3v) is 1.40. The van der Waals surface area contributed by atoms with Gasteiger partial charge in [-0.1, -0.05) is 0 Å². The molecule has 0 unspecified atom stereocenters. The maximum atomic E-state index is 5.32. The van der Waals surface area contributed by atoms with E-state index in [4.69, 9.17) is 10.2 Å². The van der Waals surface area contributed by atoms with Gasteiger partial charge < -0.3 is 15.5 Å². The van der Waals surface area contributed by atoms with E-state index < -0.39 is 0 Å². The molecule has 0 aliphatic heterocycles. The fourth-order valence-corrected chi connectivity index (χ4v) is 0.831. The Bertz CT molecular complexity index is 223. The van der Waals surface area contributed by atoms with E-state index in [2.05, 4.69) is 15.5 Å². The molecule has 0 saturated carbocycles. The largest absolute Gasteiger partial charge is 0.424 e. The van der Waals surface area contributed by atoms with Crippen molar-refractivity contribution in [3.05, 3.63) is 11.8 Å². The van der Waals surface area contributed by atoms with Crippen molar-refractivity contribution in [2.24, 2.45) is 5.73 Å². The molecule has 68 valence electrons. The molecule has 0 saturated heterocycles. The van der Waals surface area contributed by atoms with Crippen LogP contribution >= 0.6 is 0 Å². The first-order valence-corrected chi connectivity index (χ1v) is 4.02. The fraction of sp³-hybridized carbons (Fsp3) is 0.714. The van der Waals surface area contributed by atoms with Crippen molar-refractivity contribution in [3.63, 3.8) is 0 Å². The minimum atomic E-state index is 0.602. The topological polar surface area (TPSA) is 77.0 Å². The summed E-state index contributed by atoms with van der Waals surface area (Å²) in [5.41, 5.74) is 5.32. The van der Waals surface area contributed by atoms with Gasteiger partial charge in [0.1, 0.15) is 0 Å². The Balaban J connectivity index is 2.15. The van der Waals surface area contributed by atoms with Gasteiger partial charge in [-0.05, 0) is 19.5 Å². The molecule has 0 aliphatic rings. The van der Waals surface area contributed by atoms with Gasteiger partial charge >= 0.3 is 0 Å². The summed E-state index contributed by atoms with van der Waals surface area (Å²) < 4.78 is 5.15. The van der Waals surface area contributed by atoms with E-state index in [0.717, 1.165) is 13.0 Å². The fourth-order valence-electron chi connectivity index (χ4n) is 0.831. The zero-order chi connectivity index (χ0) is 8.81. The summed E-state index contributed by atoms with van der Waals surface area (Å²) in [6, 6.07) is 0. The van der Waals surface area contributed by atoms with Crippen LogP contribution in [0, 0.1) is 6.92 Å². The Hall–Kier alpha value is -0.940. The third-order valence-electron chi connectivity index (χ3n) is 1.40. The van der Waals surface area contributed by atoms with Crippen LogP contribution < -0.4 is 11.1 Å². The number of nitrogens with one attached hydrogen (secondary N) is 1. The molecule has 0 aromatic carbocycles. The minimum absolute atomic E-state index is 0.602. The van der Waals surface area contributed by atoms with Crippen LogP contribution in [0.5, 0.6) is 0 Å². The monoisotopic (exact) mass is 170 g/mol. The first-order chi connectivity index (χ1) is 5.83. The Morgan fingerprint density at radius 2 is 2.33 bits per heavy atom. The molecule has 1 heterocycles. The molecular formula is C7H14N4O. The van der Waals surface area contributed by atoms with Crippen molar-refractivity contribution < 1.29 is 4.42 Å². The van der Waals surface area contributed by atoms with Crippen molar-refractivity contribution >= 4 is 0 Å². The Morgan fingerprint density at radius 1 is 1.50 bits per heavy atom. The summed E-state index contributed by atoms with van der Waals surface area (Å²) in [6.45, 7) is 3.99. The van der Waals surface area contributed by atoms with Crippen LogP contribution in [0.3, 0.4) is 0 Å². The summed E-state index contributed by atoms with van der Waals surface area (Å²) in [5, 5.41) is 10.7. The second-order valence-electron chi connectivity index (χ2n) is 2.53. The van der Waals surface area contributed by atoms with Gasteiger partial charge in [0.05, 0.1) is 6.54 Å². The average Bonchev–Trinajstić information content (AvgIpc) is 2.45. The SMILES string of the molecule is Cc1nnc(CNCCCN)o1. The number of hydrogen-bond acceptors (Lipinski definition) is 5. The second kappa shape index (κ2) is 4.84. The van der Waals surface area contributed by atoms with E-state index in [9.17, 15) is 0 Å². The molecule has 0 radical (unpaired) electrons. The van der Waals surface area contributed by atoms with Gasteiger partial charge in [-0.2, -0.15) is 0 Å². The third kappa shape index (κ3) is 2.98.